The van der Waals surface area contributed by atoms with Crippen molar-refractivity contribution in [2.24, 2.45) is 29.1 Å². The lowest BCUT2D eigenvalue weighted by Crippen LogP contribution is -2.49. The fourth-order valence-electron chi connectivity index (χ4n) is 7.18. The summed E-state index contributed by atoms with van der Waals surface area (Å²) in [4.78, 5) is 54.9. The van der Waals surface area contributed by atoms with Crippen LogP contribution in [0.1, 0.15) is 31.2 Å². The number of aromatic hydroxyl groups is 1. The summed E-state index contributed by atoms with van der Waals surface area (Å²) in [5.41, 5.74) is -0.450. The first-order chi connectivity index (χ1) is 18.5. The highest BCUT2D eigenvalue weighted by atomic mass is 35.5. The first-order valence-corrected chi connectivity index (χ1v) is 12.9. The van der Waals surface area contributed by atoms with Gasteiger partial charge in [0.2, 0.25) is 11.8 Å². The zero-order chi connectivity index (χ0) is 28.0. The van der Waals surface area contributed by atoms with Gasteiger partial charge in [-0.05, 0) is 56.0 Å². The number of hydrogen-bond donors (Lipinski definition) is 2. The van der Waals surface area contributed by atoms with Crippen LogP contribution >= 0.6 is 11.6 Å². The molecular weight excluding hydrogens is 531 g/mol. The van der Waals surface area contributed by atoms with E-state index in [2.05, 4.69) is 0 Å². The molecule has 2 N–H and O–H groups in total. The molecule has 3 fully saturated rings. The number of carbonyl (C=O) groups excluding carboxylic acids is 4. The molecule has 0 bridgehead atoms. The van der Waals surface area contributed by atoms with Crippen LogP contribution in [-0.2, 0) is 19.2 Å². The van der Waals surface area contributed by atoms with Crippen molar-refractivity contribution in [2.45, 2.75) is 25.7 Å². The second-order valence-corrected chi connectivity index (χ2v) is 11.0. The van der Waals surface area contributed by atoms with Crippen LogP contribution in [0.25, 0.3) is 0 Å². The van der Waals surface area contributed by atoms with E-state index in [1.165, 1.54) is 25.3 Å². The number of allylic oxidation sites excluding steroid dienone is 2. The molecule has 2 heterocycles. The average molecular weight is 555 g/mol. The van der Waals surface area contributed by atoms with Crippen LogP contribution in [0.4, 0.5) is 10.1 Å². The van der Waals surface area contributed by atoms with Crippen LogP contribution in [0.3, 0.4) is 0 Å². The molecule has 2 aromatic rings. The second kappa shape index (κ2) is 8.62. The predicted octanol–water partition coefficient (Wildman–Crippen LogP) is 3.81. The van der Waals surface area contributed by atoms with E-state index >= 15 is 0 Å². The first-order valence-electron chi connectivity index (χ1n) is 12.5. The number of ether oxygens (including phenoxy) is 1. The van der Waals surface area contributed by atoms with Crippen molar-refractivity contribution < 1.29 is 38.6 Å². The Bertz CT molecular complexity index is 1510. The Kier molecular flexibility index (Phi) is 5.64. The number of rotatable bonds is 3. The van der Waals surface area contributed by atoms with Gasteiger partial charge in [-0.25, -0.2) is 9.29 Å². The van der Waals surface area contributed by atoms with Gasteiger partial charge < -0.3 is 9.84 Å². The zero-order valence-electron chi connectivity index (χ0n) is 20.9. The molecule has 0 spiro atoms. The van der Waals surface area contributed by atoms with E-state index in [0.717, 1.165) is 11.0 Å². The van der Waals surface area contributed by atoms with Gasteiger partial charge in [0, 0.05) is 11.5 Å². The molecule has 0 unspecified atom stereocenters. The number of anilines is 1. The topological polar surface area (TPSA) is 124 Å². The van der Waals surface area contributed by atoms with Crippen LogP contribution in [0, 0.1) is 34.9 Å². The number of nitrogens with zero attached hydrogens (tertiary/aromatic N) is 2. The molecule has 2 saturated heterocycles. The fourth-order valence-corrected chi connectivity index (χ4v) is 7.35. The summed E-state index contributed by atoms with van der Waals surface area (Å²) in [6.45, 7) is 1.64. The Morgan fingerprint density at radius 2 is 1.82 bits per heavy atom. The Morgan fingerprint density at radius 3 is 2.51 bits per heavy atom. The molecule has 4 aliphatic rings. The molecule has 0 radical (unpaired) electrons. The maximum Gasteiger partial charge on any atom is 0.257 e. The zero-order valence-corrected chi connectivity index (χ0v) is 21.7. The maximum absolute atomic E-state index is 14.3. The molecule has 2 aliphatic carbocycles. The van der Waals surface area contributed by atoms with Gasteiger partial charge in [0.25, 0.3) is 11.8 Å². The monoisotopic (exact) mass is 554 g/mol. The molecule has 202 valence electrons. The van der Waals surface area contributed by atoms with Crippen LogP contribution < -0.4 is 9.64 Å². The molecule has 0 aromatic heterocycles. The average Bonchev–Trinajstić information content (AvgIpc) is 3.25. The van der Waals surface area contributed by atoms with E-state index in [4.69, 9.17) is 16.3 Å². The Hall–Kier alpha value is -3.76. The molecular formula is C28H24ClFN2O7. The van der Waals surface area contributed by atoms with E-state index in [-0.39, 0.29) is 45.7 Å². The predicted molar refractivity (Wildman–Crippen MR) is 134 cm³/mol. The SMILES string of the molecule is COc1cccc(O)c1[C@H]1C2=CC[C@@H]3C(=O)N(O)C(=O)[C@@H]3[C@@H]2C[C@H]2C(=O)N(c3ccc(F)c(Cl)c3)C(=O)[C@@]12C. The van der Waals surface area contributed by atoms with Gasteiger partial charge in [-0.2, -0.15) is 5.06 Å². The summed E-state index contributed by atoms with van der Waals surface area (Å²) in [7, 11) is 1.42. The van der Waals surface area contributed by atoms with Crippen molar-refractivity contribution in [2.75, 3.05) is 12.0 Å². The second-order valence-electron chi connectivity index (χ2n) is 10.6. The standard InChI is InChI=1S/C28H24ClFN2O7/c1-28-16(25(35)31(27(28)37)12-6-9-18(30)17(29)10-12)11-15-13(7-8-14-21(15)26(36)32(38)24(14)34)23(28)22-19(33)4-3-5-20(22)39-2/h3-7,9-10,14-16,21,23,33,38H,8,11H2,1-2H3/t14-,15+,16-,21-,23+,28+/m0/s1. The number of amides is 4. The lowest BCUT2D eigenvalue weighted by Gasteiger charge is -2.49. The summed E-state index contributed by atoms with van der Waals surface area (Å²) in [5.74, 6) is -7.47. The van der Waals surface area contributed by atoms with Gasteiger partial charge in [0.05, 0.1) is 41.0 Å². The number of hydroxylamine groups is 2. The number of methoxy groups -OCH3 is 1. The van der Waals surface area contributed by atoms with E-state index in [1.54, 1.807) is 25.1 Å². The number of imide groups is 2. The molecule has 11 heteroatoms. The fraction of sp³-hybridized carbons (Fsp3) is 0.357. The highest BCUT2D eigenvalue weighted by Gasteiger charge is 2.68. The number of carbonyl (C=O) groups is 4. The quantitative estimate of drug-likeness (QED) is 0.336. The van der Waals surface area contributed by atoms with E-state index in [9.17, 15) is 33.9 Å². The number of benzene rings is 2. The third kappa shape index (κ3) is 3.28. The lowest BCUT2D eigenvalue weighted by atomic mass is 9.51. The van der Waals surface area contributed by atoms with Gasteiger partial charge in [0.15, 0.2) is 0 Å². The van der Waals surface area contributed by atoms with Crippen molar-refractivity contribution in [1.29, 1.82) is 0 Å². The number of phenolic OH excluding ortho intramolecular Hbond substituents is 1. The summed E-state index contributed by atoms with van der Waals surface area (Å²) in [6, 6.07) is 8.22. The van der Waals surface area contributed by atoms with Crippen LogP contribution in [0.2, 0.25) is 5.02 Å². The first kappa shape index (κ1) is 25.5. The van der Waals surface area contributed by atoms with Crippen molar-refractivity contribution in [3.8, 4) is 11.5 Å². The van der Waals surface area contributed by atoms with Crippen molar-refractivity contribution in [3.63, 3.8) is 0 Å². The molecule has 1 saturated carbocycles. The van der Waals surface area contributed by atoms with Crippen molar-refractivity contribution >= 4 is 40.9 Å². The van der Waals surface area contributed by atoms with Crippen molar-refractivity contribution in [3.05, 3.63) is 64.5 Å². The summed E-state index contributed by atoms with van der Waals surface area (Å²) < 4.78 is 19.5. The molecule has 6 rings (SSSR count). The highest BCUT2D eigenvalue weighted by Crippen LogP contribution is 2.65. The Morgan fingerprint density at radius 1 is 1.08 bits per heavy atom. The van der Waals surface area contributed by atoms with E-state index in [0.29, 0.717) is 5.57 Å². The summed E-state index contributed by atoms with van der Waals surface area (Å²) in [5, 5.41) is 21.1. The number of phenols is 1. The third-order valence-electron chi connectivity index (χ3n) is 8.96. The minimum atomic E-state index is -1.44. The minimum absolute atomic E-state index is 0.0543. The smallest absolute Gasteiger partial charge is 0.257 e. The third-order valence-corrected chi connectivity index (χ3v) is 9.25. The largest absolute Gasteiger partial charge is 0.508 e. The molecule has 9 nitrogen and oxygen atoms in total. The van der Waals surface area contributed by atoms with E-state index in [1.807, 2.05) is 0 Å². The number of halogens is 2. The van der Waals surface area contributed by atoms with Crippen molar-refractivity contribution in [1.82, 2.24) is 5.06 Å². The van der Waals surface area contributed by atoms with Crippen LogP contribution in [0.15, 0.2) is 48.0 Å². The van der Waals surface area contributed by atoms with E-state index < -0.39 is 64.5 Å². The van der Waals surface area contributed by atoms with Crippen LogP contribution in [0.5, 0.6) is 11.5 Å². The van der Waals surface area contributed by atoms with Gasteiger partial charge in [-0.3, -0.25) is 24.4 Å². The molecule has 6 atom stereocenters. The Balaban J connectivity index is 1.58. The normalized spacial score (nSPS) is 31.7. The molecule has 4 amide bonds. The Labute approximate surface area is 227 Å². The molecule has 39 heavy (non-hydrogen) atoms. The van der Waals surface area contributed by atoms with Gasteiger partial charge in [-0.1, -0.05) is 29.3 Å². The van der Waals surface area contributed by atoms with Gasteiger partial charge in [-0.15, -0.1) is 0 Å². The highest BCUT2D eigenvalue weighted by molar-refractivity contribution is 6.31. The van der Waals surface area contributed by atoms with Crippen LogP contribution in [-0.4, -0.2) is 46.1 Å². The van der Waals surface area contributed by atoms with Gasteiger partial charge in [0.1, 0.15) is 17.3 Å². The summed E-state index contributed by atoms with van der Waals surface area (Å²) in [6.07, 6.45) is 1.98. The minimum Gasteiger partial charge on any atom is -0.508 e. The maximum atomic E-state index is 14.3. The molecule has 2 aromatic carbocycles. The molecule has 2 aliphatic heterocycles. The summed E-state index contributed by atoms with van der Waals surface area (Å²) >= 11 is 5.98. The number of hydrogen-bond acceptors (Lipinski definition) is 7. The van der Waals surface area contributed by atoms with Gasteiger partial charge >= 0.3 is 0 Å². The lowest BCUT2D eigenvalue weighted by molar-refractivity contribution is -0.173. The number of fused-ring (bicyclic) bond motifs is 4.